The van der Waals surface area contributed by atoms with E-state index >= 15 is 0 Å². The zero-order valence-electron chi connectivity index (χ0n) is 14.7. The SMILES string of the molecule is C/C(=N/N=C\c1cccc2ccccc12)c1nnn(-c2nonc2N)c1C. The van der Waals surface area contributed by atoms with Crippen molar-refractivity contribution >= 4 is 28.5 Å². The van der Waals surface area contributed by atoms with Crippen molar-refractivity contribution in [2.45, 2.75) is 13.8 Å². The molecule has 0 radical (unpaired) electrons. The minimum Gasteiger partial charge on any atom is -0.378 e. The highest BCUT2D eigenvalue weighted by molar-refractivity contribution is 6.01. The van der Waals surface area contributed by atoms with Crippen LogP contribution >= 0.6 is 0 Å². The Bertz CT molecular complexity index is 1170. The molecule has 0 saturated carbocycles. The van der Waals surface area contributed by atoms with Gasteiger partial charge in [0.1, 0.15) is 5.69 Å². The molecule has 0 amide bonds. The van der Waals surface area contributed by atoms with E-state index in [9.17, 15) is 0 Å². The number of nitrogens with zero attached hydrogens (tertiary/aromatic N) is 7. The zero-order chi connectivity index (χ0) is 18.8. The Labute approximate surface area is 154 Å². The molecule has 0 aliphatic rings. The van der Waals surface area contributed by atoms with Crippen molar-refractivity contribution in [2.24, 2.45) is 10.2 Å². The van der Waals surface area contributed by atoms with Gasteiger partial charge in [-0.25, -0.2) is 4.63 Å². The molecule has 134 valence electrons. The molecule has 2 aromatic carbocycles. The van der Waals surface area contributed by atoms with Gasteiger partial charge < -0.3 is 5.73 Å². The van der Waals surface area contributed by atoms with Crippen molar-refractivity contribution in [3.8, 4) is 5.82 Å². The minimum absolute atomic E-state index is 0.137. The predicted octanol–water partition coefficient (Wildman–Crippen LogP) is 2.54. The number of hydrogen-bond donors (Lipinski definition) is 1. The molecule has 2 heterocycles. The molecule has 27 heavy (non-hydrogen) atoms. The van der Waals surface area contributed by atoms with Crippen LogP contribution in [0.1, 0.15) is 23.9 Å². The first-order valence-electron chi connectivity index (χ1n) is 8.21. The summed E-state index contributed by atoms with van der Waals surface area (Å²) in [5.41, 5.74) is 8.61. The maximum absolute atomic E-state index is 5.71. The number of rotatable bonds is 4. The van der Waals surface area contributed by atoms with E-state index in [0.29, 0.717) is 22.9 Å². The van der Waals surface area contributed by atoms with Crippen LogP contribution in [0.2, 0.25) is 0 Å². The first-order valence-corrected chi connectivity index (χ1v) is 8.21. The number of benzene rings is 2. The normalized spacial score (nSPS) is 12.3. The summed E-state index contributed by atoms with van der Waals surface area (Å²) in [6.45, 7) is 3.64. The summed E-state index contributed by atoms with van der Waals surface area (Å²) >= 11 is 0. The van der Waals surface area contributed by atoms with Crippen molar-refractivity contribution in [1.29, 1.82) is 0 Å². The Morgan fingerprint density at radius 2 is 1.96 bits per heavy atom. The highest BCUT2D eigenvalue weighted by Gasteiger charge is 2.17. The molecule has 0 spiro atoms. The van der Waals surface area contributed by atoms with Crippen LogP contribution < -0.4 is 5.73 Å². The van der Waals surface area contributed by atoms with Gasteiger partial charge in [0.2, 0.25) is 11.6 Å². The zero-order valence-corrected chi connectivity index (χ0v) is 14.7. The Morgan fingerprint density at radius 3 is 2.78 bits per heavy atom. The molecule has 0 aliphatic carbocycles. The number of anilines is 1. The predicted molar refractivity (Wildman–Crippen MR) is 102 cm³/mol. The second-order valence-electron chi connectivity index (χ2n) is 5.91. The van der Waals surface area contributed by atoms with E-state index < -0.39 is 0 Å². The largest absolute Gasteiger partial charge is 0.378 e. The molecule has 0 aliphatic heterocycles. The van der Waals surface area contributed by atoms with Crippen LogP contribution in [-0.4, -0.2) is 37.2 Å². The number of fused-ring (bicyclic) bond motifs is 1. The fourth-order valence-corrected chi connectivity index (χ4v) is 2.79. The van der Waals surface area contributed by atoms with Gasteiger partial charge in [-0.3, -0.25) is 0 Å². The Hall–Kier alpha value is -3.88. The number of hydrogen-bond acceptors (Lipinski definition) is 8. The molecule has 2 N–H and O–H groups in total. The molecule has 0 bridgehead atoms. The molecule has 2 aromatic heterocycles. The quantitative estimate of drug-likeness (QED) is 0.441. The van der Waals surface area contributed by atoms with E-state index in [1.54, 1.807) is 6.21 Å². The van der Waals surface area contributed by atoms with Gasteiger partial charge in [0.05, 0.1) is 17.6 Å². The highest BCUT2D eigenvalue weighted by atomic mass is 16.6. The molecule has 4 aromatic rings. The Balaban J connectivity index is 1.63. The van der Waals surface area contributed by atoms with Crippen LogP contribution in [0.25, 0.3) is 16.6 Å². The summed E-state index contributed by atoms with van der Waals surface area (Å²) in [5.74, 6) is 0.427. The number of nitrogen functional groups attached to an aromatic ring is 1. The fraction of sp³-hybridized carbons (Fsp3) is 0.111. The van der Waals surface area contributed by atoms with Crippen LogP contribution in [0.4, 0.5) is 5.82 Å². The number of nitrogens with two attached hydrogens (primary N) is 1. The van der Waals surface area contributed by atoms with E-state index in [-0.39, 0.29) is 5.82 Å². The lowest BCUT2D eigenvalue weighted by Gasteiger charge is -2.00. The van der Waals surface area contributed by atoms with Gasteiger partial charge in [-0.05, 0) is 34.9 Å². The summed E-state index contributed by atoms with van der Waals surface area (Å²) in [4.78, 5) is 0. The molecular weight excluding hydrogens is 344 g/mol. The molecule has 0 atom stereocenters. The molecule has 9 nitrogen and oxygen atoms in total. The summed E-state index contributed by atoms with van der Waals surface area (Å²) < 4.78 is 6.06. The lowest BCUT2D eigenvalue weighted by Crippen LogP contribution is -2.04. The van der Waals surface area contributed by atoms with Crippen molar-refractivity contribution in [1.82, 2.24) is 25.3 Å². The summed E-state index contributed by atoms with van der Waals surface area (Å²) in [6.07, 6.45) is 1.73. The van der Waals surface area contributed by atoms with Gasteiger partial charge in [-0.1, -0.05) is 47.7 Å². The van der Waals surface area contributed by atoms with Gasteiger partial charge in [-0.2, -0.15) is 14.9 Å². The molecular formula is C18H16N8O. The third-order valence-corrected chi connectivity index (χ3v) is 4.16. The average Bonchev–Trinajstić information content (AvgIpc) is 3.27. The van der Waals surface area contributed by atoms with Crippen LogP contribution in [0.15, 0.2) is 57.3 Å². The topological polar surface area (TPSA) is 120 Å². The Kier molecular flexibility index (Phi) is 4.17. The van der Waals surface area contributed by atoms with Crippen molar-refractivity contribution in [2.75, 3.05) is 5.73 Å². The second kappa shape index (κ2) is 6.79. The van der Waals surface area contributed by atoms with E-state index in [4.69, 9.17) is 5.73 Å². The van der Waals surface area contributed by atoms with E-state index in [0.717, 1.165) is 16.3 Å². The molecule has 0 fully saturated rings. The van der Waals surface area contributed by atoms with Gasteiger partial charge in [-0.15, -0.1) is 5.10 Å². The maximum Gasteiger partial charge on any atom is 0.243 e. The average molecular weight is 360 g/mol. The second-order valence-corrected chi connectivity index (χ2v) is 5.91. The van der Waals surface area contributed by atoms with E-state index in [1.165, 1.54) is 4.68 Å². The summed E-state index contributed by atoms with van der Waals surface area (Å²) in [7, 11) is 0. The molecule has 9 heteroatoms. The van der Waals surface area contributed by atoms with Crippen molar-refractivity contribution < 1.29 is 4.63 Å². The van der Waals surface area contributed by atoms with Crippen LogP contribution in [0.3, 0.4) is 0 Å². The maximum atomic E-state index is 5.71. The summed E-state index contributed by atoms with van der Waals surface area (Å²) in [5, 5.41) is 26.2. The Morgan fingerprint density at radius 1 is 1.15 bits per heavy atom. The first kappa shape index (κ1) is 16.6. The minimum atomic E-state index is 0.137. The van der Waals surface area contributed by atoms with Gasteiger partial charge in [0, 0.05) is 5.56 Å². The smallest absolute Gasteiger partial charge is 0.243 e. The van der Waals surface area contributed by atoms with Gasteiger partial charge in [0.25, 0.3) is 0 Å². The van der Waals surface area contributed by atoms with Crippen LogP contribution in [0, 0.1) is 6.92 Å². The molecule has 4 rings (SSSR count). The van der Waals surface area contributed by atoms with Crippen LogP contribution in [-0.2, 0) is 0 Å². The van der Waals surface area contributed by atoms with Crippen molar-refractivity contribution in [3.63, 3.8) is 0 Å². The lowest BCUT2D eigenvalue weighted by molar-refractivity contribution is 0.306. The highest BCUT2D eigenvalue weighted by Crippen LogP contribution is 2.17. The standard InChI is InChI=1S/C18H16N8O/c1-11(16-12(2)26(25-22-16)18-17(19)23-27-24-18)21-20-10-14-8-5-7-13-6-3-4-9-15(13)14/h3-10H,1-2H3,(H2,19,23)/b20-10-,21-11-. The first-order chi connectivity index (χ1) is 13.1. The lowest BCUT2D eigenvalue weighted by atomic mass is 10.1. The van der Waals surface area contributed by atoms with Crippen molar-refractivity contribution in [3.05, 3.63) is 59.4 Å². The third kappa shape index (κ3) is 3.06. The summed E-state index contributed by atoms with van der Waals surface area (Å²) in [6, 6.07) is 14.2. The van der Waals surface area contributed by atoms with Gasteiger partial charge >= 0.3 is 0 Å². The number of aromatic nitrogens is 5. The van der Waals surface area contributed by atoms with Gasteiger partial charge in [0.15, 0.2) is 0 Å². The van der Waals surface area contributed by atoms with E-state index in [2.05, 4.69) is 53.7 Å². The molecule has 0 saturated heterocycles. The van der Waals surface area contributed by atoms with E-state index in [1.807, 2.05) is 38.1 Å². The third-order valence-electron chi connectivity index (χ3n) is 4.16. The molecule has 0 unspecified atom stereocenters. The monoisotopic (exact) mass is 360 g/mol. The fourth-order valence-electron chi connectivity index (χ4n) is 2.79. The van der Waals surface area contributed by atoms with Crippen LogP contribution in [0.5, 0.6) is 0 Å².